The second-order valence-corrected chi connectivity index (χ2v) is 7.58. The van der Waals surface area contributed by atoms with Crippen molar-refractivity contribution in [2.75, 3.05) is 20.3 Å². The standard InChI is InChI=1S/C25H26N2O5/c1-3-31-22-16-17(15-20-24(28)27-14-6-4-5-7-23(27)26-20)8-13-21(22)32-25(29)18-9-11-19(30-2)12-10-18/h8-13,15-16H,3-7,14H2,1-2H3/b20-15-. The number of carbonyl (C=O) groups excluding carboxylic acids is 2. The number of esters is 1. The Morgan fingerprint density at radius 2 is 1.91 bits per heavy atom. The molecule has 1 fully saturated rings. The first-order valence-electron chi connectivity index (χ1n) is 10.8. The van der Waals surface area contributed by atoms with Crippen molar-refractivity contribution >= 4 is 23.8 Å². The van der Waals surface area contributed by atoms with E-state index in [2.05, 4.69) is 4.99 Å². The van der Waals surface area contributed by atoms with Crippen LogP contribution in [0.2, 0.25) is 0 Å². The van der Waals surface area contributed by atoms with Crippen LogP contribution in [0, 0.1) is 0 Å². The van der Waals surface area contributed by atoms with Crippen LogP contribution in [-0.4, -0.2) is 42.9 Å². The minimum atomic E-state index is -0.495. The van der Waals surface area contributed by atoms with Crippen molar-refractivity contribution in [3.05, 3.63) is 59.3 Å². The number of amidine groups is 1. The molecule has 2 heterocycles. The van der Waals surface area contributed by atoms with Gasteiger partial charge in [0.2, 0.25) is 0 Å². The number of hydrogen-bond acceptors (Lipinski definition) is 6. The van der Waals surface area contributed by atoms with Crippen LogP contribution in [0.5, 0.6) is 17.2 Å². The van der Waals surface area contributed by atoms with Gasteiger partial charge in [0.15, 0.2) is 11.5 Å². The summed E-state index contributed by atoms with van der Waals surface area (Å²) in [6.07, 6.45) is 5.75. The molecule has 0 bridgehead atoms. The number of fused-ring (bicyclic) bond motifs is 1. The average Bonchev–Trinajstić information content (AvgIpc) is 2.96. The zero-order valence-corrected chi connectivity index (χ0v) is 18.3. The highest BCUT2D eigenvalue weighted by Gasteiger charge is 2.30. The lowest BCUT2D eigenvalue weighted by Gasteiger charge is -2.14. The summed E-state index contributed by atoms with van der Waals surface area (Å²) >= 11 is 0. The molecule has 0 radical (unpaired) electrons. The van der Waals surface area contributed by atoms with Gasteiger partial charge in [-0.1, -0.05) is 12.5 Å². The fourth-order valence-corrected chi connectivity index (χ4v) is 3.76. The molecule has 2 aromatic carbocycles. The van der Waals surface area contributed by atoms with Crippen molar-refractivity contribution in [1.82, 2.24) is 4.90 Å². The third-order valence-corrected chi connectivity index (χ3v) is 5.41. The smallest absolute Gasteiger partial charge is 0.343 e. The molecule has 4 rings (SSSR count). The van der Waals surface area contributed by atoms with Crippen LogP contribution in [0.25, 0.3) is 6.08 Å². The maximum atomic E-state index is 12.8. The minimum Gasteiger partial charge on any atom is -0.497 e. The molecular weight excluding hydrogens is 408 g/mol. The number of carbonyl (C=O) groups is 2. The van der Waals surface area contributed by atoms with E-state index in [1.807, 2.05) is 6.92 Å². The zero-order valence-electron chi connectivity index (χ0n) is 18.3. The van der Waals surface area contributed by atoms with Crippen molar-refractivity contribution in [3.8, 4) is 17.2 Å². The lowest BCUT2D eigenvalue weighted by molar-refractivity contribution is -0.122. The second-order valence-electron chi connectivity index (χ2n) is 7.58. The highest BCUT2D eigenvalue weighted by atomic mass is 16.6. The Balaban J connectivity index is 1.55. The Bertz CT molecular complexity index is 1070. The van der Waals surface area contributed by atoms with E-state index in [1.54, 1.807) is 60.6 Å². The Hall–Kier alpha value is -3.61. The minimum absolute atomic E-state index is 0.0603. The molecule has 1 saturated heterocycles. The number of hydrogen-bond donors (Lipinski definition) is 0. The summed E-state index contributed by atoms with van der Waals surface area (Å²) in [6, 6.07) is 11.9. The third kappa shape index (κ3) is 4.66. The quantitative estimate of drug-likeness (QED) is 0.381. The van der Waals surface area contributed by atoms with Crippen LogP contribution < -0.4 is 14.2 Å². The van der Waals surface area contributed by atoms with Crippen LogP contribution in [0.1, 0.15) is 48.5 Å². The van der Waals surface area contributed by atoms with Crippen LogP contribution >= 0.6 is 0 Å². The summed E-state index contributed by atoms with van der Waals surface area (Å²) in [5.74, 6) is 1.70. The zero-order chi connectivity index (χ0) is 22.5. The van der Waals surface area contributed by atoms with Gasteiger partial charge in [0, 0.05) is 13.0 Å². The molecule has 2 aliphatic heterocycles. The topological polar surface area (TPSA) is 77.4 Å². The van der Waals surface area contributed by atoms with E-state index in [1.165, 1.54) is 0 Å². The van der Waals surface area contributed by atoms with E-state index >= 15 is 0 Å². The molecule has 32 heavy (non-hydrogen) atoms. The molecule has 2 aliphatic rings. The van der Waals surface area contributed by atoms with E-state index in [0.717, 1.165) is 43.6 Å². The van der Waals surface area contributed by atoms with E-state index in [9.17, 15) is 9.59 Å². The van der Waals surface area contributed by atoms with Gasteiger partial charge in [-0.25, -0.2) is 9.79 Å². The third-order valence-electron chi connectivity index (χ3n) is 5.41. The van der Waals surface area contributed by atoms with Crippen LogP contribution in [-0.2, 0) is 4.79 Å². The molecule has 0 saturated carbocycles. The summed E-state index contributed by atoms with van der Waals surface area (Å²) in [7, 11) is 1.57. The number of ether oxygens (including phenoxy) is 3. The van der Waals surface area contributed by atoms with Gasteiger partial charge in [-0.2, -0.15) is 0 Å². The molecule has 166 valence electrons. The predicted molar refractivity (Wildman–Crippen MR) is 121 cm³/mol. The molecule has 0 aromatic heterocycles. The van der Waals surface area contributed by atoms with Crippen molar-refractivity contribution in [1.29, 1.82) is 0 Å². The fourth-order valence-electron chi connectivity index (χ4n) is 3.76. The number of amides is 1. The second kappa shape index (κ2) is 9.68. The first-order chi connectivity index (χ1) is 15.6. The Kier molecular flexibility index (Phi) is 6.54. The monoisotopic (exact) mass is 434 g/mol. The number of nitrogens with zero attached hydrogens (tertiary/aromatic N) is 2. The SMILES string of the molecule is CCOc1cc(/C=C2\N=C3CCCCCN3C2=O)ccc1OC(=O)c1ccc(OC)cc1. The Labute approximate surface area is 187 Å². The van der Waals surface area contributed by atoms with E-state index in [4.69, 9.17) is 14.2 Å². The van der Waals surface area contributed by atoms with Crippen LogP contribution in [0.15, 0.2) is 53.2 Å². The molecule has 7 heteroatoms. The van der Waals surface area contributed by atoms with E-state index in [-0.39, 0.29) is 5.91 Å². The molecule has 0 N–H and O–H groups in total. The lowest BCUT2D eigenvalue weighted by atomic mass is 10.1. The lowest BCUT2D eigenvalue weighted by Crippen LogP contribution is -2.31. The Morgan fingerprint density at radius 3 is 2.66 bits per heavy atom. The molecule has 0 unspecified atom stereocenters. The molecule has 0 aliphatic carbocycles. The van der Waals surface area contributed by atoms with Crippen molar-refractivity contribution in [2.24, 2.45) is 4.99 Å². The van der Waals surface area contributed by atoms with Crippen LogP contribution in [0.4, 0.5) is 0 Å². The van der Waals surface area contributed by atoms with E-state index in [0.29, 0.717) is 35.1 Å². The average molecular weight is 434 g/mol. The van der Waals surface area contributed by atoms with Gasteiger partial charge in [-0.15, -0.1) is 0 Å². The molecule has 0 spiro atoms. The number of aliphatic imine (C=N–C) groups is 1. The largest absolute Gasteiger partial charge is 0.497 e. The fraction of sp³-hybridized carbons (Fsp3) is 0.320. The maximum Gasteiger partial charge on any atom is 0.343 e. The summed E-state index contributed by atoms with van der Waals surface area (Å²) in [4.78, 5) is 31.7. The predicted octanol–water partition coefficient (Wildman–Crippen LogP) is 4.47. The molecule has 7 nitrogen and oxygen atoms in total. The summed E-state index contributed by atoms with van der Waals surface area (Å²) in [5.41, 5.74) is 1.58. The van der Waals surface area contributed by atoms with Gasteiger partial charge in [0.1, 0.15) is 17.3 Å². The van der Waals surface area contributed by atoms with Crippen molar-refractivity contribution in [3.63, 3.8) is 0 Å². The number of methoxy groups -OCH3 is 1. The summed E-state index contributed by atoms with van der Waals surface area (Å²) < 4.78 is 16.4. The number of benzene rings is 2. The molecular formula is C25H26N2O5. The normalized spacial score (nSPS) is 16.9. The van der Waals surface area contributed by atoms with Gasteiger partial charge < -0.3 is 14.2 Å². The van der Waals surface area contributed by atoms with Crippen molar-refractivity contribution in [2.45, 2.75) is 32.6 Å². The van der Waals surface area contributed by atoms with E-state index < -0.39 is 5.97 Å². The van der Waals surface area contributed by atoms with Gasteiger partial charge in [0.05, 0.1) is 19.3 Å². The van der Waals surface area contributed by atoms with Gasteiger partial charge in [-0.3, -0.25) is 9.69 Å². The van der Waals surface area contributed by atoms with Crippen molar-refractivity contribution < 1.29 is 23.8 Å². The summed E-state index contributed by atoms with van der Waals surface area (Å²) in [5, 5.41) is 0. The van der Waals surface area contributed by atoms with Gasteiger partial charge >= 0.3 is 5.97 Å². The first kappa shape index (κ1) is 21.6. The highest BCUT2D eigenvalue weighted by Crippen LogP contribution is 2.31. The van der Waals surface area contributed by atoms with Gasteiger partial charge in [0.25, 0.3) is 5.91 Å². The molecule has 2 aromatic rings. The van der Waals surface area contributed by atoms with Crippen LogP contribution in [0.3, 0.4) is 0 Å². The molecule has 1 amide bonds. The molecule has 0 atom stereocenters. The summed E-state index contributed by atoms with van der Waals surface area (Å²) in [6.45, 7) is 2.98. The Morgan fingerprint density at radius 1 is 1.09 bits per heavy atom. The maximum absolute atomic E-state index is 12.8. The van der Waals surface area contributed by atoms with Gasteiger partial charge in [-0.05, 0) is 67.8 Å². The first-order valence-corrected chi connectivity index (χ1v) is 10.8. The number of rotatable bonds is 6. The highest BCUT2D eigenvalue weighted by molar-refractivity contribution is 6.14.